The predicted molar refractivity (Wildman–Crippen MR) is 92.7 cm³/mol. The maximum Gasteiger partial charge on any atom is 0.261 e. The van der Waals surface area contributed by atoms with Gasteiger partial charge in [0.25, 0.3) is 11.8 Å². The molecular weight excluding hydrogens is 346 g/mol. The summed E-state index contributed by atoms with van der Waals surface area (Å²) in [4.78, 5) is 28.0. The van der Waals surface area contributed by atoms with Gasteiger partial charge in [-0.05, 0) is 54.7 Å². The summed E-state index contributed by atoms with van der Waals surface area (Å²) in [6, 6.07) is 9.14. The molecule has 1 unspecified atom stereocenters. The van der Waals surface area contributed by atoms with Crippen LogP contribution in [0.1, 0.15) is 25.6 Å². The highest BCUT2D eigenvalue weighted by atomic mass is 35.5. The van der Waals surface area contributed by atoms with Crippen molar-refractivity contribution in [2.24, 2.45) is 11.8 Å². The number of carbonyl (C=O) groups excluding carboxylic acids is 2. The van der Waals surface area contributed by atoms with Crippen molar-refractivity contribution < 1.29 is 9.59 Å². The standard InChI is InChI=1S/C17H15N3O2S.ClH/c21-15-10-3-1-2-4-11(10)16(22)20(15)9-17(14-5-6-19-23-14)12-7-18-8-13(12)17;/h1-6,12-13,18H,7-9H2;1H/t12-,13+,17?;. The van der Waals surface area contributed by atoms with Crippen molar-refractivity contribution in [1.82, 2.24) is 14.6 Å². The highest BCUT2D eigenvalue weighted by molar-refractivity contribution is 7.06. The number of halogens is 1. The van der Waals surface area contributed by atoms with Crippen molar-refractivity contribution in [2.45, 2.75) is 5.41 Å². The molecule has 7 heteroatoms. The van der Waals surface area contributed by atoms with E-state index >= 15 is 0 Å². The third-order valence-electron chi connectivity index (χ3n) is 5.62. The van der Waals surface area contributed by atoms with E-state index in [1.54, 1.807) is 12.1 Å². The first kappa shape index (κ1) is 15.7. The molecular formula is C17H16ClN3O2S. The molecule has 0 radical (unpaired) electrons. The van der Waals surface area contributed by atoms with Gasteiger partial charge in [0.15, 0.2) is 0 Å². The highest BCUT2D eigenvalue weighted by Gasteiger charge is 2.69. The van der Waals surface area contributed by atoms with Crippen LogP contribution in [0.15, 0.2) is 36.5 Å². The van der Waals surface area contributed by atoms with Gasteiger partial charge in [-0.1, -0.05) is 12.1 Å². The number of benzene rings is 1. The Hall–Kier alpha value is -1.76. The molecule has 3 heterocycles. The van der Waals surface area contributed by atoms with Crippen LogP contribution in [0.25, 0.3) is 0 Å². The Kier molecular flexibility index (Phi) is 3.53. The molecule has 2 aromatic rings. The van der Waals surface area contributed by atoms with Crippen molar-refractivity contribution in [3.8, 4) is 0 Å². The number of carbonyl (C=O) groups is 2. The lowest BCUT2D eigenvalue weighted by molar-refractivity contribution is 0.0632. The Bertz CT molecular complexity index is 778. The van der Waals surface area contributed by atoms with Crippen molar-refractivity contribution in [1.29, 1.82) is 0 Å². The van der Waals surface area contributed by atoms with Gasteiger partial charge in [0.05, 0.1) is 11.1 Å². The fraction of sp³-hybridized carbons (Fsp3) is 0.353. The summed E-state index contributed by atoms with van der Waals surface area (Å²) in [6.45, 7) is 2.37. The number of fused-ring (bicyclic) bond motifs is 2. The second-order valence-corrected chi connectivity index (χ2v) is 7.36. The molecule has 3 aliphatic rings. The van der Waals surface area contributed by atoms with Gasteiger partial charge in [0, 0.05) is 23.0 Å². The molecule has 1 N–H and O–H groups in total. The third kappa shape index (κ3) is 1.87. The van der Waals surface area contributed by atoms with Crippen LogP contribution in [0.4, 0.5) is 0 Å². The van der Waals surface area contributed by atoms with Gasteiger partial charge in [-0.15, -0.1) is 12.4 Å². The summed E-state index contributed by atoms with van der Waals surface area (Å²) in [5.74, 6) is 0.666. The zero-order valence-electron chi connectivity index (χ0n) is 12.8. The molecule has 2 aliphatic heterocycles. The third-order valence-corrected chi connectivity index (χ3v) is 6.56. The number of hydrogen-bond acceptors (Lipinski definition) is 5. The number of nitrogens with one attached hydrogen (secondary N) is 1. The molecule has 3 atom stereocenters. The van der Waals surface area contributed by atoms with Crippen LogP contribution >= 0.6 is 23.9 Å². The fourth-order valence-corrected chi connectivity index (χ4v) is 5.32. The number of aromatic nitrogens is 1. The zero-order chi connectivity index (χ0) is 15.6. The van der Waals surface area contributed by atoms with E-state index in [0.717, 1.165) is 13.1 Å². The average molecular weight is 362 g/mol. The van der Waals surface area contributed by atoms with Crippen molar-refractivity contribution in [2.75, 3.05) is 19.6 Å². The second-order valence-electron chi connectivity index (χ2n) is 6.53. The number of rotatable bonds is 3. The first-order valence-electron chi connectivity index (χ1n) is 7.80. The van der Waals surface area contributed by atoms with Crippen LogP contribution in [-0.4, -0.2) is 40.7 Å². The van der Waals surface area contributed by atoms with Gasteiger partial charge in [-0.25, -0.2) is 4.37 Å². The molecule has 2 amide bonds. The number of nitrogens with zero attached hydrogens (tertiary/aromatic N) is 2. The van der Waals surface area contributed by atoms with Gasteiger partial charge in [-0.2, -0.15) is 0 Å². The maximum absolute atomic E-state index is 12.7. The quantitative estimate of drug-likeness (QED) is 0.849. The lowest BCUT2D eigenvalue weighted by Gasteiger charge is -2.25. The SMILES string of the molecule is Cl.O=C1c2ccccc2C(=O)N1CC1(c2ccns2)[C@@H]2CNC[C@@H]21. The number of amides is 2. The van der Waals surface area contributed by atoms with E-state index in [2.05, 4.69) is 9.69 Å². The van der Waals surface area contributed by atoms with Crippen LogP contribution in [0.5, 0.6) is 0 Å². The Labute approximate surface area is 149 Å². The molecule has 1 aliphatic carbocycles. The highest BCUT2D eigenvalue weighted by Crippen LogP contribution is 2.63. The molecule has 0 spiro atoms. The van der Waals surface area contributed by atoms with Crippen LogP contribution in [0, 0.1) is 11.8 Å². The van der Waals surface area contributed by atoms with E-state index in [-0.39, 0.29) is 29.6 Å². The molecule has 24 heavy (non-hydrogen) atoms. The van der Waals surface area contributed by atoms with Crippen molar-refractivity contribution in [3.05, 3.63) is 52.5 Å². The topological polar surface area (TPSA) is 62.3 Å². The Balaban J connectivity index is 0.00000146. The first-order chi connectivity index (χ1) is 11.2. The van der Waals surface area contributed by atoms with Gasteiger partial charge in [-0.3, -0.25) is 14.5 Å². The monoisotopic (exact) mass is 361 g/mol. The molecule has 1 aromatic carbocycles. The largest absolute Gasteiger partial charge is 0.316 e. The van der Waals surface area contributed by atoms with E-state index < -0.39 is 0 Å². The lowest BCUT2D eigenvalue weighted by Crippen LogP contribution is -2.40. The van der Waals surface area contributed by atoms with Gasteiger partial charge in [0.1, 0.15) is 0 Å². The summed E-state index contributed by atoms with van der Waals surface area (Å²) in [5.41, 5.74) is 0.960. The molecule has 2 fully saturated rings. The van der Waals surface area contributed by atoms with Crippen LogP contribution in [0.2, 0.25) is 0 Å². The van der Waals surface area contributed by atoms with Crippen LogP contribution in [0.3, 0.4) is 0 Å². The minimum atomic E-state index is -0.160. The molecule has 5 nitrogen and oxygen atoms in total. The number of hydrogen-bond donors (Lipinski definition) is 1. The maximum atomic E-state index is 12.7. The van der Waals surface area contributed by atoms with Crippen molar-refractivity contribution >= 4 is 35.8 Å². The van der Waals surface area contributed by atoms with Crippen LogP contribution < -0.4 is 5.32 Å². The van der Waals surface area contributed by atoms with Crippen LogP contribution in [-0.2, 0) is 5.41 Å². The summed E-state index contributed by atoms with van der Waals surface area (Å²) in [7, 11) is 0. The lowest BCUT2D eigenvalue weighted by atomic mass is 9.97. The van der Waals surface area contributed by atoms with E-state index in [4.69, 9.17) is 0 Å². The molecule has 1 aromatic heterocycles. The first-order valence-corrected chi connectivity index (χ1v) is 8.58. The molecule has 124 valence electrons. The molecule has 1 saturated heterocycles. The molecule has 0 bridgehead atoms. The van der Waals surface area contributed by atoms with Crippen molar-refractivity contribution in [3.63, 3.8) is 0 Å². The zero-order valence-corrected chi connectivity index (χ0v) is 14.4. The Morgan fingerprint density at radius 2 is 1.75 bits per heavy atom. The predicted octanol–water partition coefficient (Wildman–Crippen LogP) is 1.95. The number of piperidine rings is 1. The second kappa shape index (κ2) is 5.37. The molecule has 1 saturated carbocycles. The summed E-state index contributed by atoms with van der Waals surface area (Å²) in [6.07, 6.45) is 1.81. The summed E-state index contributed by atoms with van der Waals surface area (Å²) >= 11 is 1.49. The van der Waals surface area contributed by atoms with E-state index in [0.29, 0.717) is 29.5 Å². The van der Waals surface area contributed by atoms with Gasteiger partial charge < -0.3 is 5.32 Å². The Morgan fingerprint density at radius 1 is 1.12 bits per heavy atom. The minimum absolute atomic E-state index is 0. The molecule has 5 rings (SSSR count). The summed E-state index contributed by atoms with van der Waals surface area (Å²) < 4.78 is 4.24. The van der Waals surface area contributed by atoms with Gasteiger partial charge >= 0.3 is 0 Å². The summed E-state index contributed by atoms with van der Waals surface area (Å²) in [5, 5.41) is 3.40. The van der Waals surface area contributed by atoms with Gasteiger partial charge in [0.2, 0.25) is 0 Å². The smallest absolute Gasteiger partial charge is 0.261 e. The Morgan fingerprint density at radius 3 is 2.29 bits per heavy atom. The van der Waals surface area contributed by atoms with E-state index in [9.17, 15) is 9.59 Å². The normalized spacial score (nSPS) is 30.1. The van der Waals surface area contributed by atoms with E-state index in [1.165, 1.54) is 21.3 Å². The number of imide groups is 1. The average Bonchev–Trinajstić information content (AvgIpc) is 3.10. The van der Waals surface area contributed by atoms with E-state index in [1.807, 2.05) is 24.4 Å². The fourth-order valence-electron chi connectivity index (χ4n) is 4.43. The minimum Gasteiger partial charge on any atom is -0.316 e.